The average molecular weight is 550 g/mol. The first-order valence-corrected chi connectivity index (χ1v) is 13.6. The molecule has 1 saturated heterocycles. The maximum Gasteiger partial charge on any atom is 0.335 e. The van der Waals surface area contributed by atoms with Crippen LogP contribution >= 0.6 is 12.4 Å². The Morgan fingerprint density at radius 1 is 1.08 bits per heavy atom. The fourth-order valence-corrected chi connectivity index (χ4v) is 6.11. The van der Waals surface area contributed by atoms with Gasteiger partial charge in [-0.3, -0.25) is 4.39 Å². The number of alkyl halides is 1. The molecule has 0 amide bonds. The minimum atomic E-state index is -0.896. The molecule has 4 nitrogen and oxygen atoms in total. The minimum Gasteiger partial charge on any atom is -0.496 e. The van der Waals surface area contributed by atoms with E-state index in [9.17, 15) is 14.3 Å². The predicted molar refractivity (Wildman–Crippen MR) is 158 cm³/mol. The Balaban J connectivity index is 0.00000353. The monoisotopic (exact) mass is 549 g/mol. The maximum atomic E-state index is 12.5. The number of aryl methyl sites for hydroxylation is 2. The molecule has 3 aromatic rings. The van der Waals surface area contributed by atoms with Gasteiger partial charge in [-0.2, -0.15) is 0 Å². The highest BCUT2D eigenvalue weighted by Gasteiger charge is 2.27. The van der Waals surface area contributed by atoms with Crippen molar-refractivity contribution in [2.45, 2.75) is 39.0 Å². The lowest BCUT2D eigenvalue weighted by Gasteiger charge is -2.39. The van der Waals surface area contributed by atoms with Gasteiger partial charge in [0.15, 0.2) is 0 Å². The van der Waals surface area contributed by atoms with Crippen LogP contribution in [0.4, 0.5) is 4.39 Å². The summed E-state index contributed by atoms with van der Waals surface area (Å²) in [7, 11) is 1.72. The van der Waals surface area contributed by atoms with E-state index in [1.165, 1.54) is 16.7 Å². The van der Waals surface area contributed by atoms with E-state index in [1.807, 2.05) is 24.3 Å². The van der Waals surface area contributed by atoms with Crippen LogP contribution in [0.5, 0.6) is 5.75 Å². The van der Waals surface area contributed by atoms with Crippen molar-refractivity contribution in [1.82, 2.24) is 4.90 Å². The summed E-state index contributed by atoms with van der Waals surface area (Å²) in [5.41, 5.74) is 9.67. The molecule has 1 heterocycles. The normalized spacial score (nSPS) is 15.7. The van der Waals surface area contributed by atoms with Crippen molar-refractivity contribution in [2.75, 3.05) is 33.4 Å². The van der Waals surface area contributed by atoms with E-state index in [4.69, 9.17) is 4.74 Å². The molecule has 1 fully saturated rings. The van der Waals surface area contributed by atoms with Crippen LogP contribution in [0.3, 0.4) is 0 Å². The largest absolute Gasteiger partial charge is 0.496 e. The lowest BCUT2D eigenvalue weighted by molar-refractivity contribution is 0.0696. The third-order valence-corrected chi connectivity index (χ3v) is 7.96. The molecule has 1 aliphatic heterocycles. The van der Waals surface area contributed by atoms with Gasteiger partial charge in [0, 0.05) is 25.2 Å². The summed E-state index contributed by atoms with van der Waals surface area (Å²) >= 11 is 0. The molecule has 0 radical (unpaired) electrons. The number of allylic oxidation sites excluding steroid dienone is 1. The van der Waals surface area contributed by atoms with E-state index in [0.29, 0.717) is 17.9 Å². The number of carbonyl (C=O) groups is 1. The lowest BCUT2D eigenvalue weighted by atomic mass is 9.85. The number of halogens is 2. The smallest absolute Gasteiger partial charge is 0.335 e. The van der Waals surface area contributed by atoms with Crippen molar-refractivity contribution in [2.24, 2.45) is 5.92 Å². The fourth-order valence-electron chi connectivity index (χ4n) is 6.11. The van der Waals surface area contributed by atoms with Crippen LogP contribution in [-0.2, 0) is 12.8 Å². The van der Waals surface area contributed by atoms with E-state index < -0.39 is 5.97 Å². The van der Waals surface area contributed by atoms with Gasteiger partial charge in [0.1, 0.15) is 5.75 Å². The SMILES string of the molecule is COc1cccc(C)c1C1=C(c2ccc(CC3CN(CCCF)C3)cc2)c2ccc(C(=O)O)cc2CCC1.Cl. The third kappa shape index (κ3) is 6.21. The summed E-state index contributed by atoms with van der Waals surface area (Å²) in [6, 6.07) is 20.6. The van der Waals surface area contributed by atoms with Crippen molar-refractivity contribution >= 4 is 29.5 Å². The van der Waals surface area contributed by atoms with Crippen LogP contribution in [0, 0.1) is 12.8 Å². The first-order valence-electron chi connectivity index (χ1n) is 13.6. The standard InChI is InChI=1S/C33H36FNO3.ClH/c1-22-6-3-9-30(38-2)31(22)29-8-4-7-26-19-27(33(36)37)14-15-28(26)32(29)25-12-10-23(11-13-25)18-24-20-35(21-24)17-5-16-34;/h3,6,9-15,19,24H,4-5,7-8,16-18,20-21H2,1-2H3,(H,36,37);1H. The molecular formula is C33H37ClFNO3. The van der Waals surface area contributed by atoms with Gasteiger partial charge in [-0.1, -0.05) is 42.5 Å². The van der Waals surface area contributed by atoms with Gasteiger partial charge in [-0.05, 0) is 102 Å². The zero-order chi connectivity index (χ0) is 26.6. The van der Waals surface area contributed by atoms with E-state index in [2.05, 4.69) is 42.2 Å². The Morgan fingerprint density at radius 2 is 1.85 bits per heavy atom. The molecule has 2 aliphatic rings. The van der Waals surface area contributed by atoms with Crippen molar-refractivity contribution in [1.29, 1.82) is 0 Å². The first kappa shape index (κ1) is 28.8. The Hall–Kier alpha value is -3.15. The summed E-state index contributed by atoms with van der Waals surface area (Å²) in [6.45, 7) is 4.83. The van der Waals surface area contributed by atoms with Crippen LogP contribution in [-0.4, -0.2) is 49.4 Å². The van der Waals surface area contributed by atoms with Crippen LogP contribution < -0.4 is 4.74 Å². The fraction of sp³-hybridized carbons (Fsp3) is 0.364. The van der Waals surface area contributed by atoms with Gasteiger partial charge in [-0.25, -0.2) is 4.79 Å². The van der Waals surface area contributed by atoms with Crippen molar-refractivity contribution in [3.8, 4) is 5.75 Å². The molecule has 39 heavy (non-hydrogen) atoms. The maximum absolute atomic E-state index is 12.5. The molecule has 0 aromatic heterocycles. The zero-order valence-electron chi connectivity index (χ0n) is 22.7. The molecule has 0 atom stereocenters. The summed E-state index contributed by atoms with van der Waals surface area (Å²) in [4.78, 5) is 14.0. The highest BCUT2D eigenvalue weighted by atomic mass is 35.5. The highest BCUT2D eigenvalue weighted by molar-refractivity contribution is 6.02. The second kappa shape index (κ2) is 12.8. The predicted octanol–water partition coefficient (Wildman–Crippen LogP) is 7.25. The number of benzene rings is 3. The summed E-state index contributed by atoms with van der Waals surface area (Å²) in [5, 5.41) is 9.61. The molecule has 3 aromatic carbocycles. The molecule has 206 valence electrons. The van der Waals surface area contributed by atoms with Gasteiger partial charge >= 0.3 is 5.97 Å². The molecule has 0 bridgehead atoms. The molecule has 6 heteroatoms. The van der Waals surface area contributed by atoms with Gasteiger partial charge in [0.05, 0.1) is 19.3 Å². The lowest BCUT2D eigenvalue weighted by Crippen LogP contribution is -2.47. The third-order valence-electron chi connectivity index (χ3n) is 7.96. The second-order valence-electron chi connectivity index (χ2n) is 10.6. The number of methoxy groups -OCH3 is 1. The van der Waals surface area contributed by atoms with Gasteiger partial charge in [0.2, 0.25) is 0 Å². The number of ether oxygens (including phenoxy) is 1. The quantitative estimate of drug-likeness (QED) is 0.305. The molecule has 5 rings (SSSR count). The van der Waals surface area contributed by atoms with Crippen LogP contribution in [0.2, 0.25) is 0 Å². The van der Waals surface area contributed by atoms with Gasteiger partial charge < -0.3 is 14.7 Å². The van der Waals surface area contributed by atoms with Crippen LogP contribution in [0.1, 0.15) is 63.0 Å². The van der Waals surface area contributed by atoms with Crippen LogP contribution in [0.25, 0.3) is 11.1 Å². The number of fused-ring (bicyclic) bond motifs is 1. The Kier molecular flexibility index (Phi) is 9.47. The molecule has 0 unspecified atom stereocenters. The molecule has 1 N–H and O–H groups in total. The van der Waals surface area contributed by atoms with Gasteiger partial charge in [-0.15, -0.1) is 12.4 Å². The van der Waals surface area contributed by atoms with Gasteiger partial charge in [0.25, 0.3) is 0 Å². The van der Waals surface area contributed by atoms with E-state index in [1.54, 1.807) is 13.2 Å². The van der Waals surface area contributed by atoms with Crippen molar-refractivity contribution < 1.29 is 19.0 Å². The number of hydrogen-bond acceptors (Lipinski definition) is 3. The number of nitrogens with zero attached hydrogens (tertiary/aromatic N) is 1. The minimum absolute atomic E-state index is 0. The number of carboxylic acids is 1. The average Bonchev–Trinajstić information content (AvgIpc) is 3.09. The number of carboxylic acid groups (broad SMARTS) is 1. The molecule has 0 saturated carbocycles. The Labute approximate surface area is 236 Å². The summed E-state index contributed by atoms with van der Waals surface area (Å²) < 4.78 is 18.3. The zero-order valence-corrected chi connectivity index (χ0v) is 23.5. The number of likely N-dealkylation sites (tertiary alicyclic amines) is 1. The summed E-state index contributed by atoms with van der Waals surface area (Å²) in [6.07, 6.45) is 4.30. The Bertz CT molecular complexity index is 1350. The molecule has 0 spiro atoms. The van der Waals surface area contributed by atoms with Crippen LogP contribution in [0.15, 0.2) is 60.7 Å². The second-order valence-corrected chi connectivity index (χ2v) is 10.6. The van der Waals surface area contributed by atoms with E-state index in [-0.39, 0.29) is 19.1 Å². The molecular weight excluding hydrogens is 513 g/mol. The Morgan fingerprint density at radius 3 is 2.54 bits per heavy atom. The topological polar surface area (TPSA) is 49.8 Å². The van der Waals surface area contributed by atoms with Crippen molar-refractivity contribution in [3.63, 3.8) is 0 Å². The number of aromatic carboxylic acids is 1. The molecule has 1 aliphatic carbocycles. The van der Waals surface area contributed by atoms with Crippen molar-refractivity contribution in [3.05, 3.63) is 99.6 Å². The van der Waals surface area contributed by atoms with E-state index in [0.717, 1.165) is 78.9 Å². The number of hydrogen-bond donors (Lipinski definition) is 1. The first-order chi connectivity index (χ1) is 18.5. The highest BCUT2D eigenvalue weighted by Crippen LogP contribution is 2.43. The summed E-state index contributed by atoms with van der Waals surface area (Å²) in [5.74, 6) is 0.591. The number of rotatable bonds is 9. The van der Waals surface area contributed by atoms with E-state index >= 15 is 0 Å².